The highest BCUT2D eigenvalue weighted by Gasteiger charge is 2.23. The lowest BCUT2D eigenvalue weighted by molar-refractivity contribution is -0.147. The zero-order valence-electron chi connectivity index (χ0n) is 36.1. The summed E-state index contributed by atoms with van der Waals surface area (Å²) in [6.45, 7) is 3.53. The average molecular weight is 812 g/mol. The second-order valence-corrected chi connectivity index (χ2v) is 16.8. The van der Waals surface area contributed by atoms with Crippen LogP contribution in [0.25, 0.3) is 0 Å². The number of allylic oxidation sites excluding steroid dienone is 6. The normalized spacial score (nSPS) is 13.6. The number of unbranched alkanes of at least 4 members (excludes halogenated alkanes) is 24. The predicted molar refractivity (Wildman–Crippen MR) is 234 cm³/mol. The van der Waals surface area contributed by atoms with E-state index in [-0.39, 0.29) is 32.1 Å². The van der Waals surface area contributed by atoms with Gasteiger partial charge in [-0.1, -0.05) is 166 Å². The average Bonchev–Trinajstić information content (AvgIpc) is 3.18. The summed E-state index contributed by atoms with van der Waals surface area (Å²) in [6.07, 6.45) is 47.8. The Kier molecular flexibility index (Phi) is 41.5. The quantitative estimate of drug-likeness (QED) is 0.0240. The van der Waals surface area contributed by atoms with Crippen molar-refractivity contribution in [3.8, 4) is 0 Å². The number of ether oxygens (including phenoxy) is 1. The molecule has 9 nitrogen and oxygen atoms in total. The Balaban J connectivity index is 3.59. The van der Waals surface area contributed by atoms with Crippen LogP contribution >= 0.6 is 7.82 Å². The lowest BCUT2D eigenvalue weighted by Gasteiger charge is -2.15. The second-order valence-electron chi connectivity index (χ2n) is 15.4. The first-order valence-corrected chi connectivity index (χ1v) is 24.5. The van der Waals surface area contributed by atoms with Crippen LogP contribution in [0.1, 0.15) is 213 Å². The SMILES string of the molecule is CCCCC/C=C\C/C=C\CCCCCCCCCCCC(=O)OCC(O)COP(=O)(O)OCCNC(=O)CCCCCCC/C=C\CCCCCCCCC. The third-order valence-corrected chi connectivity index (χ3v) is 10.8. The number of aliphatic hydroxyl groups excluding tert-OH is 1. The Hall–Kier alpha value is -1.77. The number of phosphoric ester groups is 1. The van der Waals surface area contributed by atoms with Crippen LogP contribution in [-0.4, -0.2) is 54.3 Å². The topological polar surface area (TPSA) is 131 Å². The number of carbonyl (C=O) groups is 2. The fraction of sp³-hybridized carbons (Fsp3) is 0.826. The molecule has 56 heavy (non-hydrogen) atoms. The highest BCUT2D eigenvalue weighted by atomic mass is 31.2. The van der Waals surface area contributed by atoms with Crippen LogP contribution in [0.15, 0.2) is 36.5 Å². The van der Waals surface area contributed by atoms with Crippen LogP contribution in [0.4, 0.5) is 0 Å². The largest absolute Gasteiger partial charge is 0.472 e. The third-order valence-electron chi connectivity index (χ3n) is 9.79. The standard InChI is InChI=1S/C46H86NO8P/c1-3-5-7-9-11-13-15-17-19-21-22-23-25-27-29-31-33-35-37-39-46(50)53-42-44(48)43-55-56(51,52)54-41-40-47-45(49)38-36-34-32-30-28-26-24-20-18-16-14-12-10-8-6-4-2/h11,13,17,19-20,24,44,48H,3-10,12,14-16,18,21-23,25-43H2,1-2H3,(H,47,49)(H,51,52)/b13-11-,19-17-,24-20-. The van der Waals surface area contributed by atoms with Crippen molar-refractivity contribution in [1.82, 2.24) is 5.32 Å². The molecule has 2 atom stereocenters. The Labute approximate surface area is 343 Å². The molecule has 3 N–H and O–H groups in total. The minimum Gasteiger partial charge on any atom is -0.463 e. The number of aliphatic hydroxyl groups is 1. The van der Waals surface area contributed by atoms with Gasteiger partial charge in [0.15, 0.2) is 0 Å². The number of rotatable bonds is 43. The summed E-state index contributed by atoms with van der Waals surface area (Å²) in [5.41, 5.74) is 0. The summed E-state index contributed by atoms with van der Waals surface area (Å²) < 4.78 is 26.9. The number of carbonyl (C=O) groups excluding carboxylic acids is 2. The smallest absolute Gasteiger partial charge is 0.463 e. The number of esters is 1. The molecule has 328 valence electrons. The lowest BCUT2D eigenvalue weighted by atomic mass is 10.1. The lowest BCUT2D eigenvalue weighted by Crippen LogP contribution is -2.27. The van der Waals surface area contributed by atoms with E-state index in [1.807, 2.05) is 0 Å². The summed E-state index contributed by atoms with van der Waals surface area (Å²) in [5, 5.41) is 12.7. The van der Waals surface area contributed by atoms with E-state index >= 15 is 0 Å². The molecule has 0 heterocycles. The van der Waals surface area contributed by atoms with E-state index in [1.54, 1.807) is 0 Å². The number of hydrogen-bond donors (Lipinski definition) is 3. The first-order valence-electron chi connectivity index (χ1n) is 23.0. The Morgan fingerprint density at radius 1 is 0.554 bits per heavy atom. The molecule has 0 saturated carbocycles. The summed E-state index contributed by atoms with van der Waals surface area (Å²) in [7, 11) is -4.42. The van der Waals surface area contributed by atoms with Gasteiger partial charge in [-0.05, 0) is 70.6 Å². The molecule has 0 bridgehead atoms. The molecule has 10 heteroatoms. The number of phosphoric acid groups is 1. The molecule has 0 aromatic rings. The molecular weight excluding hydrogens is 725 g/mol. The molecule has 0 rings (SSSR count). The van der Waals surface area contributed by atoms with Crippen LogP contribution in [0.5, 0.6) is 0 Å². The van der Waals surface area contributed by atoms with E-state index in [1.165, 1.54) is 128 Å². The number of amides is 1. The molecule has 0 spiro atoms. The van der Waals surface area contributed by atoms with Crippen LogP contribution in [0, 0.1) is 0 Å². The van der Waals surface area contributed by atoms with Crippen LogP contribution in [0.3, 0.4) is 0 Å². The summed E-state index contributed by atoms with van der Waals surface area (Å²) in [5.74, 6) is -0.526. The molecular formula is C46H86NO8P. The van der Waals surface area contributed by atoms with Crippen LogP contribution < -0.4 is 5.32 Å². The minimum atomic E-state index is -4.42. The molecule has 0 radical (unpaired) electrons. The van der Waals surface area contributed by atoms with Crippen molar-refractivity contribution in [3.05, 3.63) is 36.5 Å². The van der Waals surface area contributed by atoms with E-state index < -0.39 is 26.5 Å². The van der Waals surface area contributed by atoms with Crippen molar-refractivity contribution in [2.24, 2.45) is 0 Å². The third kappa shape index (κ3) is 43.4. The minimum absolute atomic E-state index is 0.0774. The fourth-order valence-corrected chi connectivity index (χ4v) is 7.04. The van der Waals surface area contributed by atoms with Gasteiger partial charge in [0.1, 0.15) is 12.7 Å². The van der Waals surface area contributed by atoms with E-state index in [9.17, 15) is 24.2 Å². The van der Waals surface area contributed by atoms with Crippen molar-refractivity contribution in [1.29, 1.82) is 0 Å². The zero-order chi connectivity index (χ0) is 41.1. The van der Waals surface area contributed by atoms with Gasteiger partial charge in [-0.15, -0.1) is 0 Å². The maximum absolute atomic E-state index is 12.1. The molecule has 2 unspecified atom stereocenters. The predicted octanol–water partition coefficient (Wildman–Crippen LogP) is 12.9. The van der Waals surface area contributed by atoms with Gasteiger partial charge in [0.25, 0.3) is 0 Å². The Bertz CT molecular complexity index is 1020. The highest BCUT2D eigenvalue weighted by Crippen LogP contribution is 2.42. The van der Waals surface area contributed by atoms with Crippen LogP contribution in [0.2, 0.25) is 0 Å². The monoisotopic (exact) mass is 812 g/mol. The summed E-state index contributed by atoms with van der Waals surface area (Å²) in [6, 6.07) is 0. The molecule has 0 fully saturated rings. The molecule has 0 aromatic heterocycles. The van der Waals surface area contributed by atoms with Crippen molar-refractivity contribution in [2.75, 3.05) is 26.4 Å². The van der Waals surface area contributed by atoms with Gasteiger partial charge >= 0.3 is 13.8 Å². The molecule has 0 saturated heterocycles. The van der Waals surface area contributed by atoms with Crippen molar-refractivity contribution in [3.63, 3.8) is 0 Å². The Morgan fingerprint density at radius 2 is 0.964 bits per heavy atom. The van der Waals surface area contributed by atoms with E-state index in [0.717, 1.165) is 57.8 Å². The van der Waals surface area contributed by atoms with E-state index in [2.05, 4.69) is 55.6 Å². The van der Waals surface area contributed by atoms with Crippen molar-refractivity contribution >= 4 is 19.7 Å². The number of nitrogens with one attached hydrogen (secondary N) is 1. The second kappa shape index (κ2) is 42.8. The van der Waals surface area contributed by atoms with Gasteiger partial charge in [-0.2, -0.15) is 0 Å². The molecule has 1 amide bonds. The van der Waals surface area contributed by atoms with E-state index in [4.69, 9.17) is 13.8 Å². The van der Waals surface area contributed by atoms with Gasteiger partial charge in [-0.25, -0.2) is 4.57 Å². The molecule has 0 aliphatic rings. The van der Waals surface area contributed by atoms with Gasteiger partial charge in [0, 0.05) is 19.4 Å². The fourth-order valence-electron chi connectivity index (χ4n) is 6.29. The Morgan fingerprint density at radius 3 is 1.48 bits per heavy atom. The highest BCUT2D eigenvalue weighted by molar-refractivity contribution is 7.47. The maximum atomic E-state index is 12.1. The van der Waals surface area contributed by atoms with Gasteiger partial charge in [-0.3, -0.25) is 18.6 Å². The zero-order valence-corrected chi connectivity index (χ0v) is 37.0. The number of hydrogen-bond acceptors (Lipinski definition) is 7. The van der Waals surface area contributed by atoms with Gasteiger partial charge < -0.3 is 20.1 Å². The first-order chi connectivity index (χ1) is 27.3. The van der Waals surface area contributed by atoms with Crippen molar-refractivity contribution in [2.45, 2.75) is 219 Å². The summed E-state index contributed by atoms with van der Waals surface area (Å²) in [4.78, 5) is 33.9. The summed E-state index contributed by atoms with van der Waals surface area (Å²) >= 11 is 0. The molecule has 0 aliphatic heterocycles. The van der Waals surface area contributed by atoms with Gasteiger partial charge in [0.05, 0.1) is 13.2 Å². The van der Waals surface area contributed by atoms with Crippen molar-refractivity contribution < 1.29 is 37.9 Å². The van der Waals surface area contributed by atoms with Crippen LogP contribution in [-0.2, 0) is 27.9 Å². The first kappa shape index (κ1) is 54.2. The molecule has 0 aliphatic carbocycles. The van der Waals surface area contributed by atoms with E-state index in [0.29, 0.717) is 6.42 Å². The van der Waals surface area contributed by atoms with Gasteiger partial charge in [0.2, 0.25) is 5.91 Å². The molecule has 0 aromatic carbocycles. The maximum Gasteiger partial charge on any atom is 0.472 e.